The van der Waals surface area contributed by atoms with Gasteiger partial charge in [-0.2, -0.15) is 0 Å². The van der Waals surface area contributed by atoms with Crippen molar-refractivity contribution in [2.24, 2.45) is 0 Å². The Bertz CT molecular complexity index is 455. The molecular formula is C9H5IN2OS. The molecule has 0 fully saturated rings. The van der Waals surface area contributed by atoms with Crippen LogP contribution in [0.4, 0.5) is 0 Å². The fourth-order valence-electron chi connectivity index (χ4n) is 0.993. The molecule has 0 saturated heterocycles. The molecule has 3 nitrogen and oxygen atoms in total. The van der Waals surface area contributed by atoms with Crippen molar-refractivity contribution in [1.82, 2.24) is 9.97 Å². The van der Waals surface area contributed by atoms with Gasteiger partial charge in [0.25, 0.3) is 0 Å². The van der Waals surface area contributed by atoms with Crippen molar-refractivity contribution < 1.29 is 4.79 Å². The number of hydrogen-bond donors (Lipinski definition) is 0. The molecule has 2 aromatic rings. The van der Waals surface area contributed by atoms with Crippen LogP contribution in [-0.4, -0.2) is 15.8 Å². The standard InChI is InChI=1S/C9H5IN2OS/c10-8-3-6(5-14-8)9(13)7-4-11-1-2-12-7/h1-5H. The van der Waals surface area contributed by atoms with Crippen LogP contribution >= 0.6 is 33.9 Å². The number of carbonyl (C=O) groups excluding carboxylic acids is 1. The van der Waals surface area contributed by atoms with Crippen LogP contribution in [0, 0.1) is 2.88 Å². The first-order chi connectivity index (χ1) is 6.77. The molecule has 0 radical (unpaired) electrons. The minimum absolute atomic E-state index is 0.0720. The highest BCUT2D eigenvalue weighted by molar-refractivity contribution is 14.1. The second kappa shape index (κ2) is 4.14. The van der Waals surface area contributed by atoms with Gasteiger partial charge in [-0.05, 0) is 28.7 Å². The number of hydrogen-bond acceptors (Lipinski definition) is 4. The minimum Gasteiger partial charge on any atom is -0.287 e. The van der Waals surface area contributed by atoms with E-state index < -0.39 is 0 Å². The van der Waals surface area contributed by atoms with Crippen molar-refractivity contribution >= 4 is 39.7 Å². The maximum Gasteiger partial charge on any atom is 0.213 e. The van der Waals surface area contributed by atoms with Crippen molar-refractivity contribution in [2.45, 2.75) is 0 Å². The van der Waals surface area contributed by atoms with Gasteiger partial charge in [-0.3, -0.25) is 9.78 Å². The van der Waals surface area contributed by atoms with E-state index in [4.69, 9.17) is 0 Å². The Hall–Kier alpha value is -0.820. The number of halogens is 1. The molecule has 0 amide bonds. The van der Waals surface area contributed by atoms with Crippen LogP contribution in [0.5, 0.6) is 0 Å². The van der Waals surface area contributed by atoms with Gasteiger partial charge >= 0.3 is 0 Å². The summed E-state index contributed by atoms with van der Waals surface area (Å²) < 4.78 is 1.09. The van der Waals surface area contributed by atoms with Gasteiger partial charge in [0.05, 0.1) is 9.08 Å². The lowest BCUT2D eigenvalue weighted by Crippen LogP contribution is -2.02. The molecule has 2 rings (SSSR count). The van der Waals surface area contributed by atoms with E-state index in [0.717, 1.165) is 2.88 Å². The molecular weight excluding hydrogens is 311 g/mol. The van der Waals surface area contributed by atoms with Crippen LogP contribution in [0.25, 0.3) is 0 Å². The van der Waals surface area contributed by atoms with Crippen molar-refractivity contribution in [2.75, 3.05) is 0 Å². The summed E-state index contributed by atoms with van der Waals surface area (Å²) in [5.41, 5.74) is 1.07. The lowest BCUT2D eigenvalue weighted by Gasteiger charge is -1.94. The van der Waals surface area contributed by atoms with E-state index in [1.807, 2.05) is 11.4 Å². The van der Waals surface area contributed by atoms with Crippen LogP contribution in [-0.2, 0) is 0 Å². The number of ketones is 1. The Morgan fingerprint density at radius 3 is 2.86 bits per heavy atom. The molecule has 0 unspecified atom stereocenters. The monoisotopic (exact) mass is 316 g/mol. The normalized spacial score (nSPS) is 10.1. The van der Waals surface area contributed by atoms with E-state index in [-0.39, 0.29) is 5.78 Å². The molecule has 70 valence electrons. The molecule has 0 atom stereocenters. The molecule has 2 aromatic heterocycles. The van der Waals surface area contributed by atoms with Crippen LogP contribution in [0.2, 0.25) is 0 Å². The lowest BCUT2D eigenvalue weighted by atomic mass is 10.2. The molecule has 14 heavy (non-hydrogen) atoms. The van der Waals surface area contributed by atoms with E-state index in [2.05, 4.69) is 32.6 Å². The summed E-state index contributed by atoms with van der Waals surface area (Å²) >= 11 is 3.73. The van der Waals surface area contributed by atoms with E-state index in [0.29, 0.717) is 11.3 Å². The fourth-order valence-corrected chi connectivity index (χ4v) is 2.32. The third-order valence-electron chi connectivity index (χ3n) is 1.63. The quantitative estimate of drug-likeness (QED) is 0.631. The summed E-state index contributed by atoms with van der Waals surface area (Å²) in [5, 5.41) is 1.83. The first kappa shape index (κ1) is 9.72. The summed E-state index contributed by atoms with van der Waals surface area (Å²) in [6, 6.07) is 1.85. The van der Waals surface area contributed by atoms with Gasteiger partial charge in [0.1, 0.15) is 5.69 Å². The predicted molar refractivity (Wildman–Crippen MR) is 62.5 cm³/mol. The van der Waals surface area contributed by atoms with Gasteiger partial charge in [-0.1, -0.05) is 0 Å². The number of nitrogens with zero attached hydrogens (tertiary/aromatic N) is 2. The summed E-state index contributed by atoms with van der Waals surface area (Å²) in [6.07, 6.45) is 4.55. The lowest BCUT2D eigenvalue weighted by molar-refractivity contribution is 0.103. The smallest absolute Gasteiger partial charge is 0.213 e. The Kier molecular flexibility index (Phi) is 2.87. The van der Waals surface area contributed by atoms with Gasteiger partial charge in [0.15, 0.2) is 0 Å². The highest BCUT2D eigenvalue weighted by Gasteiger charge is 2.11. The molecule has 2 heterocycles. The minimum atomic E-state index is -0.0720. The average molecular weight is 316 g/mol. The van der Waals surface area contributed by atoms with Gasteiger partial charge in [-0.25, -0.2) is 4.98 Å². The van der Waals surface area contributed by atoms with Crippen molar-refractivity contribution in [3.05, 3.63) is 44.2 Å². The second-order valence-corrected chi connectivity index (χ2v) is 5.36. The summed E-state index contributed by atoms with van der Waals surface area (Å²) in [7, 11) is 0. The van der Waals surface area contributed by atoms with Crippen molar-refractivity contribution in [3.8, 4) is 0 Å². The molecule has 5 heteroatoms. The zero-order chi connectivity index (χ0) is 9.97. The van der Waals surface area contributed by atoms with Gasteiger partial charge in [0.2, 0.25) is 5.78 Å². The zero-order valence-electron chi connectivity index (χ0n) is 6.98. The highest BCUT2D eigenvalue weighted by Crippen LogP contribution is 2.18. The first-order valence-corrected chi connectivity index (χ1v) is 5.78. The summed E-state index contributed by atoms with van der Waals surface area (Å²) in [4.78, 5) is 19.6. The SMILES string of the molecule is O=C(c1csc(I)c1)c1cnccn1. The average Bonchev–Trinajstić information content (AvgIpc) is 2.65. The van der Waals surface area contributed by atoms with Crippen LogP contribution < -0.4 is 0 Å². The van der Waals surface area contributed by atoms with Crippen LogP contribution in [0.15, 0.2) is 30.0 Å². The van der Waals surface area contributed by atoms with E-state index in [1.54, 1.807) is 17.5 Å². The summed E-state index contributed by atoms with van der Waals surface area (Å²) in [6.45, 7) is 0. The maximum atomic E-state index is 11.8. The third-order valence-corrected chi connectivity index (χ3v) is 3.41. The largest absolute Gasteiger partial charge is 0.287 e. The Morgan fingerprint density at radius 2 is 2.29 bits per heavy atom. The first-order valence-electron chi connectivity index (χ1n) is 3.82. The third kappa shape index (κ3) is 1.98. The fraction of sp³-hybridized carbons (Fsp3) is 0. The number of aromatic nitrogens is 2. The molecule has 0 saturated carbocycles. The zero-order valence-corrected chi connectivity index (χ0v) is 9.95. The van der Waals surface area contributed by atoms with Crippen LogP contribution in [0.3, 0.4) is 0 Å². The molecule has 0 spiro atoms. The van der Waals surface area contributed by atoms with Gasteiger partial charge < -0.3 is 0 Å². The number of thiophene rings is 1. The van der Waals surface area contributed by atoms with E-state index >= 15 is 0 Å². The molecule has 0 bridgehead atoms. The molecule has 0 N–H and O–H groups in total. The molecule has 0 aromatic carbocycles. The molecule has 0 aliphatic rings. The summed E-state index contributed by atoms with van der Waals surface area (Å²) in [5.74, 6) is -0.0720. The Labute approximate surface area is 98.4 Å². The number of rotatable bonds is 2. The second-order valence-electron chi connectivity index (χ2n) is 2.56. The number of carbonyl (C=O) groups is 1. The highest BCUT2D eigenvalue weighted by atomic mass is 127. The molecule has 0 aliphatic carbocycles. The van der Waals surface area contributed by atoms with Crippen molar-refractivity contribution in [3.63, 3.8) is 0 Å². The topological polar surface area (TPSA) is 42.9 Å². The predicted octanol–water partition coefficient (Wildman–Crippen LogP) is 2.37. The Morgan fingerprint density at radius 1 is 1.43 bits per heavy atom. The van der Waals surface area contributed by atoms with Gasteiger partial charge in [0, 0.05) is 23.3 Å². The maximum absolute atomic E-state index is 11.8. The van der Waals surface area contributed by atoms with E-state index in [1.165, 1.54) is 12.4 Å². The van der Waals surface area contributed by atoms with Crippen LogP contribution in [0.1, 0.15) is 16.1 Å². The van der Waals surface area contributed by atoms with E-state index in [9.17, 15) is 4.79 Å². The molecule has 0 aliphatic heterocycles. The Balaban J connectivity index is 2.34. The van der Waals surface area contributed by atoms with Gasteiger partial charge in [-0.15, -0.1) is 11.3 Å². The van der Waals surface area contributed by atoms with Crippen molar-refractivity contribution in [1.29, 1.82) is 0 Å².